The van der Waals surface area contributed by atoms with Gasteiger partial charge in [-0.05, 0) is 54.4 Å². The normalized spacial score (nSPS) is 11.6. The van der Waals surface area contributed by atoms with Crippen molar-refractivity contribution in [2.24, 2.45) is 0 Å². The van der Waals surface area contributed by atoms with E-state index in [1.54, 1.807) is 37.5 Å². The number of hydrogen-bond acceptors (Lipinski definition) is 8. The Morgan fingerprint density at radius 1 is 0.941 bits per heavy atom. The zero-order valence-electron chi connectivity index (χ0n) is 18.9. The van der Waals surface area contributed by atoms with E-state index in [0.717, 1.165) is 38.5 Å². The quantitative estimate of drug-likeness (QED) is 0.379. The van der Waals surface area contributed by atoms with Crippen molar-refractivity contribution in [1.82, 2.24) is 19.9 Å². The summed E-state index contributed by atoms with van der Waals surface area (Å²) in [6, 6.07) is 16.7. The van der Waals surface area contributed by atoms with E-state index in [2.05, 4.69) is 36.6 Å². The fraction of sp³-hybridized carbons (Fsp3) is 0.120. The second-order valence-corrected chi connectivity index (χ2v) is 10.0. The lowest BCUT2D eigenvalue weighted by Crippen LogP contribution is -2.01. The number of nitrogens with one attached hydrogen (secondary N) is 2. The summed E-state index contributed by atoms with van der Waals surface area (Å²) in [5, 5.41) is 7.97. The Morgan fingerprint density at radius 2 is 1.79 bits per heavy atom. The first kappa shape index (κ1) is 21.7. The van der Waals surface area contributed by atoms with Gasteiger partial charge in [0, 0.05) is 41.5 Å². The fourth-order valence-corrected chi connectivity index (χ4v) is 4.61. The number of sulfone groups is 1. The second kappa shape index (κ2) is 8.35. The van der Waals surface area contributed by atoms with Crippen LogP contribution < -0.4 is 10.6 Å². The summed E-state index contributed by atoms with van der Waals surface area (Å²) < 4.78 is 23.9. The van der Waals surface area contributed by atoms with E-state index in [-0.39, 0.29) is 4.90 Å². The van der Waals surface area contributed by atoms with Crippen LogP contribution in [-0.4, -0.2) is 41.7 Å². The van der Waals surface area contributed by atoms with Crippen molar-refractivity contribution in [3.05, 3.63) is 72.7 Å². The predicted molar refractivity (Wildman–Crippen MR) is 135 cm³/mol. The number of aryl methyl sites for hydroxylation is 1. The zero-order chi connectivity index (χ0) is 23.9. The molecule has 0 amide bonds. The molecule has 2 heterocycles. The number of benzene rings is 3. The van der Waals surface area contributed by atoms with Crippen LogP contribution in [0.1, 0.15) is 5.56 Å². The molecule has 2 aromatic heterocycles. The van der Waals surface area contributed by atoms with Gasteiger partial charge in [0.1, 0.15) is 12.1 Å². The molecule has 170 valence electrons. The average molecular weight is 471 g/mol. The van der Waals surface area contributed by atoms with Crippen LogP contribution >= 0.6 is 0 Å². The maximum atomic E-state index is 12.0. The Morgan fingerprint density at radius 3 is 2.59 bits per heavy atom. The van der Waals surface area contributed by atoms with Gasteiger partial charge < -0.3 is 10.6 Å². The van der Waals surface area contributed by atoms with E-state index in [0.29, 0.717) is 17.5 Å². The third kappa shape index (κ3) is 4.01. The van der Waals surface area contributed by atoms with Crippen molar-refractivity contribution in [2.75, 3.05) is 23.9 Å². The molecule has 0 unspecified atom stereocenters. The first-order valence-electron chi connectivity index (χ1n) is 10.6. The minimum Gasteiger partial charge on any atom is -0.357 e. The molecule has 0 spiro atoms. The maximum absolute atomic E-state index is 12.0. The van der Waals surface area contributed by atoms with Crippen LogP contribution in [0.2, 0.25) is 0 Å². The molecule has 0 atom stereocenters. The first-order chi connectivity index (χ1) is 16.3. The summed E-state index contributed by atoms with van der Waals surface area (Å²) in [5.41, 5.74) is 5.34. The van der Waals surface area contributed by atoms with Crippen LogP contribution in [-0.2, 0) is 9.84 Å². The number of fused-ring (bicyclic) bond motifs is 2. The molecule has 8 nitrogen and oxygen atoms in total. The molecule has 0 fully saturated rings. The van der Waals surface area contributed by atoms with Gasteiger partial charge >= 0.3 is 0 Å². The highest BCUT2D eigenvalue weighted by Gasteiger charge is 2.14. The number of nitrogens with zero attached hydrogens (tertiary/aromatic N) is 4. The van der Waals surface area contributed by atoms with Gasteiger partial charge in [-0.1, -0.05) is 18.2 Å². The molecular formula is C25H22N6O2S. The van der Waals surface area contributed by atoms with E-state index in [1.807, 2.05) is 31.2 Å². The largest absolute Gasteiger partial charge is 0.357 e. The van der Waals surface area contributed by atoms with Gasteiger partial charge in [-0.3, -0.25) is 0 Å². The lowest BCUT2D eigenvalue weighted by Gasteiger charge is -2.14. The molecule has 0 radical (unpaired) electrons. The van der Waals surface area contributed by atoms with Crippen LogP contribution in [0.15, 0.2) is 72.0 Å². The summed E-state index contributed by atoms with van der Waals surface area (Å²) in [6.07, 6.45) is 4.50. The van der Waals surface area contributed by atoms with Crippen molar-refractivity contribution in [3.63, 3.8) is 0 Å². The smallest absolute Gasteiger partial charge is 0.222 e. The Kier molecular flexibility index (Phi) is 5.33. The third-order valence-corrected chi connectivity index (χ3v) is 6.74. The molecular weight excluding hydrogens is 448 g/mol. The van der Waals surface area contributed by atoms with Gasteiger partial charge in [-0.15, -0.1) is 0 Å². The average Bonchev–Trinajstić information content (AvgIpc) is 2.83. The highest BCUT2D eigenvalue weighted by molar-refractivity contribution is 7.90. The zero-order valence-corrected chi connectivity index (χ0v) is 19.7. The lowest BCUT2D eigenvalue weighted by atomic mass is 9.96. The molecule has 2 N–H and O–H groups in total. The molecule has 9 heteroatoms. The Bertz CT molecular complexity index is 1670. The van der Waals surface area contributed by atoms with E-state index >= 15 is 0 Å². The second-order valence-electron chi connectivity index (χ2n) is 8.02. The van der Waals surface area contributed by atoms with Crippen molar-refractivity contribution in [2.45, 2.75) is 11.8 Å². The maximum Gasteiger partial charge on any atom is 0.222 e. The summed E-state index contributed by atoms with van der Waals surface area (Å²) in [7, 11) is -1.53. The van der Waals surface area contributed by atoms with Crippen LogP contribution in [0.3, 0.4) is 0 Å². The topological polar surface area (TPSA) is 110 Å². The molecule has 0 bridgehead atoms. The molecule has 34 heavy (non-hydrogen) atoms. The number of aromatic nitrogens is 4. The molecule has 0 saturated heterocycles. The molecule has 0 aliphatic carbocycles. The number of anilines is 3. The van der Waals surface area contributed by atoms with E-state index in [1.165, 1.54) is 12.6 Å². The molecule has 0 aliphatic heterocycles. The number of rotatable bonds is 5. The van der Waals surface area contributed by atoms with Gasteiger partial charge in [0.05, 0.1) is 15.9 Å². The molecule has 5 aromatic rings. The summed E-state index contributed by atoms with van der Waals surface area (Å²) in [6.45, 7) is 2.05. The van der Waals surface area contributed by atoms with Crippen LogP contribution in [0.4, 0.5) is 17.5 Å². The standard InChI is InChI=1S/C25H22N6O2S/c1-15-7-9-20-23(22(15)16-8-10-21-17(11-16)13-27-25(26-2)31-21)28-14-29-24(20)30-18-5-4-6-19(12-18)34(3,32)33/h4-14H,1-3H3,(H,26,27,31)(H,28,29,30). The lowest BCUT2D eigenvalue weighted by molar-refractivity contribution is 0.602. The summed E-state index contributed by atoms with van der Waals surface area (Å²) in [5.74, 6) is 1.17. The minimum atomic E-state index is -3.32. The predicted octanol–water partition coefficient (Wildman–Crippen LogP) is 4.74. The van der Waals surface area contributed by atoms with Crippen LogP contribution in [0.5, 0.6) is 0 Å². The summed E-state index contributed by atoms with van der Waals surface area (Å²) in [4.78, 5) is 18.1. The third-order valence-electron chi connectivity index (χ3n) is 5.63. The highest BCUT2D eigenvalue weighted by atomic mass is 32.2. The van der Waals surface area contributed by atoms with Gasteiger partial charge in [-0.25, -0.2) is 28.4 Å². The van der Waals surface area contributed by atoms with Gasteiger partial charge in [0.25, 0.3) is 0 Å². The van der Waals surface area contributed by atoms with Crippen molar-refractivity contribution in [1.29, 1.82) is 0 Å². The monoisotopic (exact) mass is 470 g/mol. The Labute approximate surface area is 197 Å². The van der Waals surface area contributed by atoms with Crippen molar-refractivity contribution >= 4 is 49.1 Å². The molecule has 3 aromatic carbocycles. The van der Waals surface area contributed by atoms with Crippen molar-refractivity contribution < 1.29 is 8.42 Å². The molecule has 5 rings (SSSR count). The Hall–Kier alpha value is -4.11. The van der Waals surface area contributed by atoms with Crippen molar-refractivity contribution in [3.8, 4) is 11.1 Å². The van der Waals surface area contributed by atoms with E-state index in [9.17, 15) is 8.42 Å². The first-order valence-corrected chi connectivity index (χ1v) is 12.5. The highest BCUT2D eigenvalue weighted by Crippen LogP contribution is 2.35. The molecule has 0 saturated carbocycles. The van der Waals surface area contributed by atoms with Gasteiger partial charge in [-0.2, -0.15) is 0 Å². The van der Waals surface area contributed by atoms with Crippen LogP contribution in [0.25, 0.3) is 32.9 Å². The van der Waals surface area contributed by atoms with E-state index < -0.39 is 9.84 Å². The van der Waals surface area contributed by atoms with Crippen LogP contribution in [0, 0.1) is 6.92 Å². The van der Waals surface area contributed by atoms with Gasteiger partial charge in [0.2, 0.25) is 5.95 Å². The van der Waals surface area contributed by atoms with Gasteiger partial charge in [0.15, 0.2) is 9.84 Å². The summed E-state index contributed by atoms with van der Waals surface area (Å²) >= 11 is 0. The van der Waals surface area contributed by atoms with E-state index in [4.69, 9.17) is 0 Å². The number of hydrogen-bond donors (Lipinski definition) is 2. The molecule has 0 aliphatic rings. The Balaban J connectivity index is 1.62. The fourth-order valence-electron chi connectivity index (χ4n) is 3.95. The SMILES string of the molecule is CNc1ncc2cc(-c3c(C)ccc4c(Nc5cccc(S(C)(=O)=O)c5)ncnc34)ccc2n1. The minimum absolute atomic E-state index is 0.243.